The van der Waals surface area contributed by atoms with Gasteiger partial charge in [-0.2, -0.15) is 0 Å². The van der Waals surface area contributed by atoms with Crippen LogP contribution in [0.3, 0.4) is 0 Å². The van der Waals surface area contributed by atoms with Gasteiger partial charge in [0.1, 0.15) is 0 Å². The van der Waals surface area contributed by atoms with Gasteiger partial charge in [-0.05, 0) is 38.8 Å². The maximum absolute atomic E-state index is 12.4. The predicted octanol–water partition coefficient (Wildman–Crippen LogP) is 2.10. The normalized spacial score (nSPS) is 23.1. The Morgan fingerprint density at radius 2 is 2.28 bits per heavy atom. The number of hydrogen-bond acceptors (Lipinski definition) is 2. The Morgan fingerprint density at radius 1 is 1.50 bits per heavy atom. The molecule has 1 aliphatic rings. The molecule has 0 bridgehead atoms. The minimum Gasteiger partial charge on any atom is -0.340 e. The lowest BCUT2D eigenvalue weighted by Gasteiger charge is -2.29. The van der Waals surface area contributed by atoms with Crippen molar-refractivity contribution < 1.29 is 4.79 Å². The van der Waals surface area contributed by atoms with Crippen molar-refractivity contribution in [3.63, 3.8) is 0 Å². The van der Waals surface area contributed by atoms with E-state index in [0.717, 1.165) is 19.4 Å². The fourth-order valence-electron chi connectivity index (χ4n) is 2.65. The van der Waals surface area contributed by atoms with Crippen molar-refractivity contribution >= 4 is 5.91 Å². The molecule has 1 fully saturated rings. The van der Waals surface area contributed by atoms with Crippen molar-refractivity contribution in [1.82, 2.24) is 10.2 Å². The molecule has 0 spiro atoms. The van der Waals surface area contributed by atoms with E-state index in [1.165, 1.54) is 11.1 Å². The van der Waals surface area contributed by atoms with Crippen LogP contribution in [-0.4, -0.2) is 29.9 Å². The summed E-state index contributed by atoms with van der Waals surface area (Å²) in [5.74, 6) is 0.196. The van der Waals surface area contributed by atoms with Gasteiger partial charge >= 0.3 is 0 Å². The molecule has 0 aliphatic carbocycles. The largest absolute Gasteiger partial charge is 0.340 e. The molecule has 0 aromatic heterocycles. The Hall–Kier alpha value is -1.35. The van der Waals surface area contributed by atoms with Crippen molar-refractivity contribution in [3.05, 3.63) is 35.4 Å². The molecule has 1 saturated heterocycles. The Balaban J connectivity index is 2.03. The zero-order chi connectivity index (χ0) is 13.2. The van der Waals surface area contributed by atoms with Crippen LogP contribution in [0.5, 0.6) is 0 Å². The van der Waals surface area contributed by atoms with E-state index in [9.17, 15) is 4.79 Å². The van der Waals surface area contributed by atoms with E-state index in [1.54, 1.807) is 0 Å². The van der Waals surface area contributed by atoms with Crippen LogP contribution in [-0.2, 0) is 11.3 Å². The topological polar surface area (TPSA) is 32.3 Å². The van der Waals surface area contributed by atoms with Gasteiger partial charge in [0.2, 0.25) is 5.91 Å². The molecule has 1 aromatic carbocycles. The van der Waals surface area contributed by atoms with Crippen molar-refractivity contribution in [2.75, 3.05) is 13.6 Å². The average Bonchev–Trinajstić information content (AvgIpc) is 2.76. The molecule has 18 heavy (non-hydrogen) atoms. The zero-order valence-corrected chi connectivity index (χ0v) is 11.5. The first-order valence-electron chi connectivity index (χ1n) is 6.57. The number of amides is 1. The van der Waals surface area contributed by atoms with Crippen LogP contribution in [0.25, 0.3) is 0 Å². The van der Waals surface area contributed by atoms with E-state index < -0.39 is 0 Å². The van der Waals surface area contributed by atoms with Gasteiger partial charge in [0.25, 0.3) is 0 Å². The van der Waals surface area contributed by atoms with Gasteiger partial charge in [0, 0.05) is 13.6 Å². The monoisotopic (exact) mass is 246 g/mol. The smallest absolute Gasteiger partial charge is 0.242 e. The summed E-state index contributed by atoms with van der Waals surface area (Å²) in [4.78, 5) is 14.2. The van der Waals surface area contributed by atoms with Crippen LogP contribution in [0.4, 0.5) is 0 Å². The first kappa shape index (κ1) is 13.1. The summed E-state index contributed by atoms with van der Waals surface area (Å²) < 4.78 is 0. The summed E-state index contributed by atoms with van der Waals surface area (Å²) in [5.41, 5.74) is 2.06. The minimum absolute atomic E-state index is 0.196. The zero-order valence-electron chi connectivity index (χ0n) is 11.5. The maximum atomic E-state index is 12.4. The van der Waals surface area contributed by atoms with E-state index in [2.05, 4.69) is 30.4 Å². The highest BCUT2D eigenvalue weighted by atomic mass is 16.2. The Bertz CT molecular complexity index is 436. The van der Waals surface area contributed by atoms with E-state index in [4.69, 9.17) is 0 Å². The molecule has 2 rings (SSSR count). The fraction of sp³-hybridized carbons (Fsp3) is 0.533. The van der Waals surface area contributed by atoms with Crippen molar-refractivity contribution in [3.8, 4) is 0 Å². The number of rotatable bonds is 3. The molecular weight excluding hydrogens is 224 g/mol. The quantitative estimate of drug-likeness (QED) is 0.885. The molecule has 3 nitrogen and oxygen atoms in total. The summed E-state index contributed by atoms with van der Waals surface area (Å²) in [7, 11) is 1.88. The summed E-state index contributed by atoms with van der Waals surface area (Å²) in [5, 5.41) is 3.32. The maximum Gasteiger partial charge on any atom is 0.242 e. The fourth-order valence-corrected chi connectivity index (χ4v) is 2.65. The second kappa shape index (κ2) is 5.11. The number of aryl methyl sites for hydroxylation is 1. The Labute approximate surface area is 109 Å². The second-order valence-corrected chi connectivity index (χ2v) is 5.51. The first-order chi connectivity index (χ1) is 8.51. The number of hydrogen-bond donors (Lipinski definition) is 1. The molecule has 1 amide bonds. The number of nitrogens with zero attached hydrogens (tertiary/aromatic N) is 1. The van der Waals surface area contributed by atoms with Crippen molar-refractivity contribution in [2.45, 2.75) is 38.8 Å². The second-order valence-electron chi connectivity index (χ2n) is 5.51. The lowest BCUT2D eigenvalue weighted by Crippen LogP contribution is -2.51. The standard InChI is InChI=1S/C15H22N2O/c1-12-6-4-7-13(10-12)11-17(3)14(18)15(2)8-5-9-16-15/h4,6-7,10,16H,5,8-9,11H2,1-3H3. The third kappa shape index (κ3) is 2.72. The van der Waals surface area contributed by atoms with Gasteiger partial charge in [-0.3, -0.25) is 4.79 Å². The predicted molar refractivity (Wildman–Crippen MR) is 73.3 cm³/mol. The molecule has 0 saturated carbocycles. The molecule has 1 atom stereocenters. The number of likely N-dealkylation sites (N-methyl/N-ethyl adjacent to an activating group) is 1. The molecule has 98 valence electrons. The average molecular weight is 246 g/mol. The molecule has 1 N–H and O–H groups in total. The van der Waals surface area contributed by atoms with Gasteiger partial charge in [0.15, 0.2) is 0 Å². The first-order valence-corrected chi connectivity index (χ1v) is 6.57. The minimum atomic E-state index is -0.363. The molecule has 1 heterocycles. The third-order valence-corrected chi connectivity index (χ3v) is 3.69. The van der Waals surface area contributed by atoms with E-state index in [1.807, 2.05) is 24.9 Å². The van der Waals surface area contributed by atoms with Crippen LogP contribution in [0.15, 0.2) is 24.3 Å². The lowest BCUT2D eigenvalue weighted by atomic mass is 9.98. The summed E-state index contributed by atoms with van der Waals surface area (Å²) in [6.07, 6.45) is 2.02. The highest BCUT2D eigenvalue weighted by Gasteiger charge is 2.37. The van der Waals surface area contributed by atoms with Crippen molar-refractivity contribution in [1.29, 1.82) is 0 Å². The molecular formula is C15H22N2O. The van der Waals surface area contributed by atoms with Gasteiger partial charge in [-0.1, -0.05) is 29.8 Å². The van der Waals surface area contributed by atoms with E-state index >= 15 is 0 Å². The highest BCUT2D eigenvalue weighted by Crippen LogP contribution is 2.21. The van der Waals surface area contributed by atoms with Crippen LogP contribution < -0.4 is 5.32 Å². The van der Waals surface area contributed by atoms with Gasteiger partial charge < -0.3 is 10.2 Å². The van der Waals surface area contributed by atoms with Crippen LogP contribution in [0.1, 0.15) is 30.9 Å². The summed E-state index contributed by atoms with van der Waals surface area (Å²) in [6, 6.07) is 8.32. The Kier molecular flexibility index (Phi) is 3.71. The number of carbonyl (C=O) groups excluding carboxylic acids is 1. The number of nitrogens with one attached hydrogen (secondary N) is 1. The van der Waals surface area contributed by atoms with Gasteiger partial charge in [-0.25, -0.2) is 0 Å². The molecule has 3 heteroatoms. The summed E-state index contributed by atoms with van der Waals surface area (Å²) >= 11 is 0. The van der Waals surface area contributed by atoms with Crippen molar-refractivity contribution in [2.24, 2.45) is 0 Å². The van der Waals surface area contributed by atoms with E-state index in [-0.39, 0.29) is 11.4 Å². The number of benzene rings is 1. The summed E-state index contributed by atoms with van der Waals surface area (Å²) in [6.45, 7) is 5.71. The molecule has 1 unspecified atom stereocenters. The third-order valence-electron chi connectivity index (χ3n) is 3.69. The SMILES string of the molecule is Cc1cccc(CN(C)C(=O)C2(C)CCCN2)c1. The Morgan fingerprint density at radius 3 is 2.89 bits per heavy atom. The van der Waals surface area contributed by atoms with Crippen LogP contribution >= 0.6 is 0 Å². The van der Waals surface area contributed by atoms with Crippen LogP contribution in [0, 0.1) is 6.92 Å². The number of carbonyl (C=O) groups is 1. The highest BCUT2D eigenvalue weighted by molar-refractivity contribution is 5.86. The molecule has 0 radical (unpaired) electrons. The van der Waals surface area contributed by atoms with E-state index in [0.29, 0.717) is 6.54 Å². The molecule has 1 aliphatic heterocycles. The molecule has 1 aromatic rings. The van der Waals surface area contributed by atoms with Gasteiger partial charge in [0.05, 0.1) is 5.54 Å². The van der Waals surface area contributed by atoms with Gasteiger partial charge in [-0.15, -0.1) is 0 Å². The lowest BCUT2D eigenvalue weighted by molar-refractivity contribution is -0.136. The van der Waals surface area contributed by atoms with Crippen LogP contribution in [0.2, 0.25) is 0 Å².